The van der Waals surface area contributed by atoms with Crippen molar-refractivity contribution in [2.45, 2.75) is 50.2 Å². The molecule has 2 heterocycles. The average molecular weight is 319 g/mol. The van der Waals surface area contributed by atoms with Gasteiger partial charge in [0, 0.05) is 18.4 Å². The SMILES string of the molecule is Cc1nnc(SCC(=O)NC2CCCCC2)n1-n1cccc1. The van der Waals surface area contributed by atoms with Gasteiger partial charge in [-0.3, -0.25) is 9.47 Å². The number of aromatic nitrogens is 4. The van der Waals surface area contributed by atoms with Gasteiger partial charge in [0.1, 0.15) is 0 Å². The lowest BCUT2D eigenvalue weighted by molar-refractivity contribution is -0.119. The van der Waals surface area contributed by atoms with Crippen molar-refractivity contribution in [1.29, 1.82) is 0 Å². The molecule has 0 aliphatic heterocycles. The van der Waals surface area contributed by atoms with Gasteiger partial charge in [0.05, 0.1) is 5.75 Å². The molecule has 7 heteroatoms. The monoisotopic (exact) mass is 319 g/mol. The first-order valence-corrected chi connectivity index (χ1v) is 8.70. The molecule has 22 heavy (non-hydrogen) atoms. The molecule has 6 nitrogen and oxygen atoms in total. The molecule has 1 aliphatic rings. The number of nitrogens with one attached hydrogen (secondary N) is 1. The molecule has 0 bridgehead atoms. The summed E-state index contributed by atoms with van der Waals surface area (Å²) < 4.78 is 3.81. The van der Waals surface area contributed by atoms with Crippen molar-refractivity contribution < 1.29 is 4.79 Å². The van der Waals surface area contributed by atoms with E-state index in [4.69, 9.17) is 0 Å². The molecule has 1 saturated carbocycles. The molecule has 1 amide bonds. The smallest absolute Gasteiger partial charge is 0.230 e. The Kier molecular flexibility index (Phi) is 4.82. The number of hydrogen-bond acceptors (Lipinski definition) is 4. The second-order valence-electron chi connectivity index (χ2n) is 5.60. The lowest BCUT2D eigenvalue weighted by Crippen LogP contribution is -2.37. The van der Waals surface area contributed by atoms with E-state index in [1.54, 1.807) is 0 Å². The van der Waals surface area contributed by atoms with Crippen LogP contribution in [0.4, 0.5) is 0 Å². The van der Waals surface area contributed by atoms with Gasteiger partial charge >= 0.3 is 0 Å². The minimum Gasteiger partial charge on any atom is -0.353 e. The van der Waals surface area contributed by atoms with E-state index in [-0.39, 0.29) is 5.91 Å². The number of hydrogen-bond donors (Lipinski definition) is 1. The Morgan fingerprint density at radius 2 is 2.00 bits per heavy atom. The molecule has 118 valence electrons. The normalized spacial score (nSPS) is 15.9. The van der Waals surface area contributed by atoms with Crippen LogP contribution in [-0.2, 0) is 4.79 Å². The summed E-state index contributed by atoms with van der Waals surface area (Å²) in [5, 5.41) is 12.1. The van der Waals surface area contributed by atoms with Crippen LogP contribution >= 0.6 is 11.8 Å². The van der Waals surface area contributed by atoms with Crippen molar-refractivity contribution in [2.24, 2.45) is 0 Å². The molecule has 1 N–H and O–H groups in total. The fraction of sp³-hybridized carbons (Fsp3) is 0.533. The highest BCUT2D eigenvalue weighted by Gasteiger charge is 2.17. The standard InChI is InChI=1S/C15H21N5OS/c1-12-17-18-15(20(12)19-9-5-6-10-19)22-11-14(21)16-13-7-3-2-4-8-13/h5-6,9-10,13H,2-4,7-8,11H2,1H3,(H,16,21). The number of thioether (sulfide) groups is 1. The van der Waals surface area contributed by atoms with Gasteiger partial charge in [-0.1, -0.05) is 31.0 Å². The predicted octanol–water partition coefficient (Wildman–Crippen LogP) is 2.24. The highest BCUT2D eigenvalue weighted by molar-refractivity contribution is 7.99. The molecule has 0 atom stereocenters. The van der Waals surface area contributed by atoms with Crippen LogP contribution in [-0.4, -0.2) is 37.3 Å². The van der Waals surface area contributed by atoms with Crippen LogP contribution in [0.1, 0.15) is 37.9 Å². The topological polar surface area (TPSA) is 64.7 Å². The summed E-state index contributed by atoms with van der Waals surface area (Å²) in [4.78, 5) is 12.1. The maximum atomic E-state index is 12.1. The van der Waals surface area contributed by atoms with Crippen LogP contribution in [0.5, 0.6) is 0 Å². The fourth-order valence-electron chi connectivity index (χ4n) is 2.80. The van der Waals surface area contributed by atoms with Crippen LogP contribution < -0.4 is 5.32 Å². The van der Waals surface area contributed by atoms with Gasteiger partial charge in [-0.25, -0.2) is 4.68 Å². The van der Waals surface area contributed by atoms with Crippen molar-refractivity contribution in [3.63, 3.8) is 0 Å². The molecule has 0 unspecified atom stereocenters. The maximum absolute atomic E-state index is 12.1. The summed E-state index contributed by atoms with van der Waals surface area (Å²) in [6, 6.07) is 4.25. The number of rotatable bonds is 5. The Bertz CT molecular complexity index is 616. The van der Waals surface area contributed by atoms with E-state index in [9.17, 15) is 4.79 Å². The van der Waals surface area contributed by atoms with Crippen molar-refractivity contribution in [3.05, 3.63) is 30.4 Å². The first-order chi connectivity index (χ1) is 10.7. The van der Waals surface area contributed by atoms with E-state index in [0.29, 0.717) is 11.8 Å². The second kappa shape index (κ2) is 7.00. The first kappa shape index (κ1) is 15.1. The second-order valence-corrected chi connectivity index (χ2v) is 6.54. The molecule has 1 fully saturated rings. The zero-order valence-corrected chi connectivity index (χ0v) is 13.6. The molecule has 2 aromatic heterocycles. The van der Waals surface area contributed by atoms with Crippen LogP contribution in [0.3, 0.4) is 0 Å². The molecule has 0 spiro atoms. The van der Waals surface area contributed by atoms with Gasteiger partial charge in [-0.05, 0) is 31.9 Å². The Labute approximate surface area is 134 Å². The predicted molar refractivity (Wildman–Crippen MR) is 85.7 cm³/mol. The van der Waals surface area contributed by atoms with E-state index >= 15 is 0 Å². The van der Waals surface area contributed by atoms with Gasteiger partial charge < -0.3 is 5.32 Å². The molecule has 3 rings (SSSR count). The quantitative estimate of drug-likeness (QED) is 0.859. The summed E-state index contributed by atoms with van der Waals surface area (Å²) in [7, 11) is 0. The molecule has 0 aromatic carbocycles. The van der Waals surface area contributed by atoms with Gasteiger partial charge in [0.25, 0.3) is 0 Å². The number of carbonyl (C=O) groups excluding carboxylic acids is 1. The summed E-state index contributed by atoms with van der Waals surface area (Å²) in [5.74, 6) is 1.25. The van der Waals surface area contributed by atoms with Gasteiger partial charge in [0.15, 0.2) is 5.82 Å². The van der Waals surface area contributed by atoms with Gasteiger partial charge in [0.2, 0.25) is 11.1 Å². The molecular weight excluding hydrogens is 298 g/mol. The van der Waals surface area contributed by atoms with E-state index in [1.165, 1.54) is 31.0 Å². The average Bonchev–Trinajstić information content (AvgIpc) is 3.15. The Morgan fingerprint density at radius 3 is 2.73 bits per heavy atom. The molecular formula is C15H21N5OS. The highest BCUT2D eigenvalue weighted by atomic mass is 32.2. The molecule has 1 aliphatic carbocycles. The van der Waals surface area contributed by atoms with Crippen LogP contribution in [0.2, 0.25) is 0 Å². The van der Waals surface area contributed by atoms with Crippen molar-refractivity contribution in [3.8, 4) is 0 Å². The number of nitrogens with zero attached hydrogens (tertiary/aromatic N) is 4. The van der Waals surface area contributed by atoms with Crippen molar-refractivity contribution in [1.82, 2.24) is 24.9 Å². The largest absolute Gasteiger partial charge is 0.353 e. The minimum absolute atomic E-state index is 0.0802. The van der Waals surface area contributed by atoms with Crippen LogP contribution in [0.15, 0.2) is 29.7 Å². The summed E-state index contributed by atoms with van der Waals surface area (Å²) in [6.07, 6.45) is 9.81. The van der Waals surface area contributed by atoms with Gasteiger partial charge in [-0.2, -0.15) is 0 Å². The summed E-state index contributed by atoms with van der Waals surface area (Å²) in [5.41, 5.74) is 0. The van der Waals surface area contributed by atoms with Crippen LogP contribution in [0.25, 0.3) is 0 Å². The van der Waals surface area contributed by atoms with Crippen molar-refractivity contribution in [2.75, 3.05) is 5.75 Å². The van der Waals surface area contributed by atoms with E-state index in [0.717, 1.165) is 23.8 Å². The third-order valence-electron chi connectivity index (χ3n) is 3.89. The summed E-state index contributed by atoms with van der Waals surface area (Å²) >= 11 is 1.42. The molecule has 0 saturated heterocycles. The summed E-state index contributed by atoms with van der Waals surface area (Å²) in [6.45, 7) is 1.90. The lowest BCUT2D eigenvalue weighted by atomic mass is 9.95. The highest BCUT2D eigenvalue weighted by Crippen LogP contribution is 2.19. The zero-order valence-electron chi connectivity index (χ0n) is 12.7. The van der Waals surface area contributed by atoms with E-state index in [1.807, 2.05) is 40.8 Å². The van der Waals surface area contributed by atoms with E-state index < -0.39 is 0 Å². The first-order valence-electron chi connectivity index (χ1n) is 7.72. The van der Waals surface area contributed by atoms with Crippen LogP contribution in [0, 0.1) is 6.92 Å². The van der Waals surface area contributed by atoms with Crippen molar-refractivity contribution >= 4 is 17.7 Å². The van der Waals surface area contributed by atoms with Gasteiger partial charge in [-0.15, -0.1) is 10.2 Å². The lowest BCUT2D eigenvalue weighted by Gasteiger charge is -2.22. The zero-order chi connectivity index (χ0) is 15.4. The Morgan fingerprint density at radius 1 is 1.27 bits per heavy atom. The third kappa shape index (κ3) is 3.52. The Hall–Kier alpha value is -1.76. The number of amides is 1. The maximum Gasteiger partial charge on any atom is 0.230 e. The Balaban J connectivity index is 1.58. The molecule has 0 radical (unpaired) electrons. The fourth-order valence-corrected chi connectivity index (χ4v) is 3.59. The minimum atomic E-state index is 0.0802. The molecule has 2 aromatic rings. The number of carbonyl (C=O) groups is 1. The van der Waals surface area contributed by atoms with E-state index in [2.05, 4.69) is 15.5 Å². The third-order valence-corrected chi connectivity index (χ3v) is 4.81. The number of aryl methyl sites for hydroxylation is 1.